The Morgan fingerprint density at radius 3 is 1.91 bits per heavy atom. The SMILES string of the molecule is CC(O)C(O)C#C[Si](C)(C)C. The zero-order valence-corrected chi connectivity index (χ0v) is 8.55. The number of aliphatic hydroxyl groups is 2. The fourth-order valence-corrected chi connectivity index (χ4v) is 0.992. The van der Waals surface area contributed by atoms with Gasteiger partial charge in [-0.15, -0.1) is 5.54 Å². The molecule has 0 spiro atoms. The van der Waals surface area contributed by atoms with E-state index in [1.807, 2.05) is 0 Å². The van der Waals surface area contributed by atoms with Crippen molar-refractivity contribution in [3.8, 4) is 11.5 Å². The van der Waals surface area contributed by atoms with Crippen LogP contribution in [0.3, 0.4) is 0 Å². The molecule has 0 aliphatic heterocycles. The van der Waals surface area contributed by atoms with E-state index >= 15 is 0 Å². The van der Waals surface area contributed by atoms with E-state index in [2.05, 4.69) is 31.1 Å². The Morgan fingerprint density at radius 1 is 1.18 bits per heavy atom. The molecule has 0 radical (unpaired) electrons. The molecule has 0 aliphatic carbocycles. The maximum atomic E-state index is 9.09. The predicted octanol–water partition coefficient (Wildman–Crippen LogP) is 0.609. The highest BCUT2D eigenvalue weighted by Crippen LogP contribution is 1.97. The fraction of sp³-hybridized carbons (Fsp3) is 0.750. The van der Waals surface area contributed by atoms with Crippen molar-refractivity contribution in [3.05, 3.63) is 0 Å². The van der Waals surface area contributed by atoms with Crippen LogP contribution in [0.1, 0.15) is 6.92 Å². The van der Waals surface area contributed by atoms with Crippen LogP contribution < -0.4 is 0 Å². The van der Waals surface area contributed by atoms with E-state index in [-0.39, 0.29) is 0 Å². The second kappa shape index (κ2) is 3.91. The van der Waals surface area contributed by atoms with Crippen LogP contribution in [0.4, 0.5) is 0 Å². The molecule has 0 amide bonds. The first kappa shape index (κ1) is 10.7. The van der Waals surface area contributed by atoms with Crippen LogP contribution in [0.15, 0.2) is 0 Å². The largest absolute Gasteiger partial charge is 0.390 e. The first-order valence-electron chi connectivity index (χ1n) is 3.72. The molecular weight excluding hydrogens is 156 g/mol. The van der Waals surface area contributed by atoms with Crippen molar-refractivity contribution in [1.82, 2.24) is 0 Å². The smallest absolute Gasteiger partial charge is 0.139 e. The summed E-state index contributed by atoms with van der Waals surface area (Å²) < 4.78 is 0. The van der Waals surface area contributed by atoms with Crippen molar-refractivity contribution in [2.75, 3.05) is 0 Å². The number of rotatable bonds is 1. The summed E-state index contributed by atoms with van der Waals surface area (Å²) in [5.41, 5.74) is 2.98. The Hall–Kier alpha value is -0.303. The van der Waals surface area contributed by atoms with Gasteiger partial charge in [-0.2, -0.15) is 0 Å². The van der Waals surface area contributed by atoms with Gasteiger partial charge in [-0.1, -0.05) is 25.6 Å². The molecule has 0 fully saturated rings. The van der Waals surface area contributed by atoms with Crippen LogP contribution in [-0.4, -0.2) is 30.5 Å². The normalized spacial score (nSPS) is 16.5. The molecule has 2 atom stereocenters. The summed E-state index contributed by atoms with van der Waals surface area (Å²) >= 11 is 0. The molecule has 0 saturated carbocycles. The quantitative estimate of drug-likeness (QED) is 0.449. The van der Waals surface area contributed by atoms with E-state index in [0.29, 0.717) is 0 Å². The van der Waals surface area contributed by atoms with Crippen molar-refractivity contribution in [2.45, 2.75) is 38.8 Å². The van der Waals surface area contributed by atoms with Crippen LogP contribution in [0.2, 0.25) is 19.6 Å². The Balaban J connectivity index is 4.08. The Labute approximate surface area is 69.3 Å². The average Bonchev–Trinajstić information content (AvgIpc) is 1.80. The molecule has 0 aromatic carbocycles. The van der Waals surface area contributed by atoms with E-state index in [1.54, 1.807) is 0 Å². The summed E-state index contributed by atoms with van der Waals surface area (Å²) in [7, 11) is -1.40. The van der Waals surface area contributed by atoms with E-state index in [4.69, 9.17) is 10.2 Å². The van der Waals surface area contributed by atoms with Crippen LogP contribution >= 0.6 is 0 Å². The van der Waals surface area contributed by atoms with Gasteiger partial charge in [0.1, 0.15) is 14.2 Å². The van der Waals surface area contributed by atoms with Gasteiger partial charge in [0.15, 0.2) is 0 Å². The van der Waals surface area contributed by atoms with Gasteiger partial charge in [0, 0.05) is 0 Å². The molecular formula is C8H16O2Si. The van der Waals surface area contributed by atoms with Crippen LogP contribution in [0.5, 0.6) is 0 Å². The minimum atomic E-state index is -1.40. The molecule has 0 rings (SSSR count). The molecule has 0 bridgehead atoms. The summed E-state index contributed by atoms with van der Waals surface area (Å²) in [6.07, 6.45) is -1.64. The molecule has 0 aromatic heterocycles. The standard InChI is InChI=1S/C8H16O2Si/c1-7(9)8(10)5-6-11(2,3)4/h7-10H,1-4H3. The molecule has 64 valence electrons. The third-order valence-electron chi connectivity index (χ3n) is 1.05. The van der Waals surface area contributed by atoms with E-state index in [0.717, 1.165) is 0 Å². The molecule has 0 heterocycles. The molecule has 11 heavy (non-hydrogen) atoms. The maximum absolute atomic E-state index is 9.09. The highest BCUT2D eigenvalue weighted by atomic mass is 28.3. The lowest BCUT2D eigenvalue weighted by Gasteiger charge is -2.08. The lowest BCUT2D eigenvalue weighted by Crippen LogP contribution is -2.23. The van der Waals surface area contributed by atoms with Gasteiger partial charge >= 0.3 is 0 Å². The monoisotopic (exact) mass is 172 g/mol. The van der Waals surface area contributed by atoms with Crippen LogP contribution in [0.25, 0.3) is 0 Å². The zero-order chi connectivity index (χ0) is 9.07. The summed E-state index contributed by atoms with van der Waals surface area (Å²) in [4.78, 5) is 0. The lowest BCUT2D eigenvalue weighted by atomic mass is 10.2. The molecule has 0 aliphatic rings. The number of aliphatic hydroxyl groups excluding tert-OH is 2. The fourth-order valence-electron chi connectivity index (χ4n) is 0.411. The van der Waals surface area contributed by atoms with Crippen LogP contribution in [-0.2, 0) is 0 Å². The third kappa shape index (κ3) is 6.11. The van der Waals surface area contributed by atoms with Crippen molar-refractivity contribution < 1.29 is 10.2 Å². The summed E-state index contributed by atoms with van der Waals surface area (Å²) in [6, 6.07) is 0. The molecule has 2 N–H and O–H groups in total. The molecule has 0 saturated heterocycles. The number of hydrogen-bond donors (Lipinski definition) is 2. The topological polar surface area (TPSA) is 40.5 Å². The second-order valence-corrected chi connectivity index (χ2v) is 8.45. The molecule has 2 unspecified atom stereocenters. The van der Waals surface area contributed by atoms with Gasteiger partial charge in [-0.05, 0) is 6.92 Å². The van der Waals surface area contributed by atoms with Crippen molar-refractivity contribution >= 4 is 8.07 Å². The Morgan fingerprint density at radius 2 is 1.64 bits per heavy atom. The van der Waals surface area contributed by atoms with Crippen LogP contribution in [0, 0.1) is 11.5 Å². The van der Waals surface area contributed by atoms with Gasteiger partial charge in [0.25, 0.3) is 0 Å². The third-order valence-corrected chi connectivity index (χ3v) is 1.95. The first-order valence-corrected chi connectivity index (χ1v) is 7.22. The Bertz CT molecular complexity index is 171. The Kier molecular flexibility index (Phi) is 3.80. The first-order chi connectivity index (χ1) is 4.83. The van der Waals surface area contributed by atoms with Gasteiger partial charge < -0.3 is 10.2 Å². The van der Waals surface area contributed by atoms with Gasteiger partial charge in [0.05, 0.1) is 6.10 Å². The maximum Gasteiger partial charge on any atom is 0.139 e. The minimum absolute atomic E-state index is 0.751. The van der Waals surface area contributed by atoms with Crippen molar-refractivity contribution in [1.29, 1.82) is 0 Å². The van der Waals surface area contributed by atoms with E-state index < -0.39 is 20.3 Å². The minimum Gasteiger partial charge on any atom is -0.390 e. The highest BCUT2D eigenvalue weighted by Gasteiger charge is 2.10. The summed E-state index contributed by atoms with van der Waals surface area (Å²) in [5, 5.41) is 18.0. The van der Waals surface area contributed by atoms with Crippen molar-refractivity contribution in [3.63, 3.8) is 0 Å². The summed E-state index contributed by atoms with van der Waals surface area (Å²) in [6.45, 7) is 7.81. The zero-order valence-electron chi connectivity index (χ0n) is 7.55. The average molecular weight is 172 g/mol. The van der Waals surface area contributed by atoms with Gasteiger partial charge in [-0.3, -0.25) is 0 Å². The van der Waals surface area contributed by atoms with Gasteiger partial charge in [-0.25, -0.2) is 0 Å². The van der Waals surface area contributed by atoms with E-state index in [1.165, 1.54) is 6.92 Å². The van der Waals surface area contributed by atoms with E-state index in [9.17, 15) is 0 Å². The number of hydrogen-bond acceptors (Lipinski definition) is 2. The highest BCUT2D eigenvalue weighted by molar-refractivity contribution is 6.83. The molecule has 2 nitrogen and oxygen atoms in total. The van der Waals surface area contributed by atoms with Crippen molar-refractivity contribution in [2.24, 2.45) is 0 Å². The second-order valence-electron chi connectivity index (χ2n) is 3.70. The predicted molar refractivity (Wildman–Crippen MR) is 48.8 cm³/mol. The molecule has 3 heteroatoms. The summed E-state index contributed by atoms with van der Waals surface area (Å²) in [5.74, 6) is 2.64. The van der Waals surface area contributed by atoms with Gasteiger partial charge in [0.2, 0.25) is 0 Å². The lowest BCUT2D eigenvalue weighted by molar-refractivity contribution is 0.0678. The molecule has 0 aromatic rings.